The van der Waals surface area contributed by atoms with E-state index >= 15 is 0 Å². The van der Waals surface area contributed by atoms with E-state index in [4.69, 9.17) is 27.2 Å². The van der Waals surface area contributed by atoms with Gasteiger partial charge in [-0.3, -0.25) is 0 Å². The van der Waals surface area contributed by atoms with E-state index in [1.54, 1.807) is 0 Å². The Bertz CT molecular complexity index is 978. The summed E-state index contributed by atoms with van der Waals surface area (Å²) in [7, 11) is 6.26. The molecule has 1 saturated heterocycles. The van der Waals surface area contributed by atoms with Crippen LogP contribution in [-0.4, -0.2) is 42.2 Å². The number of benzene rings is 3. The normalized spacial score (nSPS) is 24.1. The molecule has 5 nitrogen and oxygen atoms in total. The van der Waals surface area contributed by atoms with Crippen molar-refractivity contribution < 1.29 is 47.4 Å². The van der Waals surface area contributed by atoms with E-state index in [1.165, 1.54) is 0 Å². The van der Waals surface area contributed by atoms with E-state index in [0.29, 0.717) is 26.4 Å². The number of rotatable bonds is 12. The van der Waals surface area contributed by atoms with Crippen molar-refractivity contribution in [2.75, 3.05) is 6.61 Å². The van der Waals surface area contributed by atoms with Crippen LogP contribution in [0, 0.1) is 0 Å². The predicted octanol–water partition coefficient (Wildman–Crippen LogP) is 5.16. The maximum absolute atomic E-state index is 11.2. The Balaban J connectivity index is 1.50. The first-order valence-electron chi connectivity index (χ1n) is 12.1. The average Bonchev–Trinajstić information content (AvgIpc) is 2.90. The van der Waals surface area contributed by atoms with Crippen LogP contribution in [0.3, 0.4) is 0 Å². The molecule has 1 aliphatic rings. The van der Waals surface area contributed by atoms with E-state index < -0.39 is 41.7 Å². The second-order valence-electron chi connectivity index (χ2n) is 8.70. The van der Waals surface area contributed by atoms with Crippen molar-refractivity contribution in [2.24, 2.45) is 0 Å². The summed E-state index contributed by atoms with van der Waals surface area (Å²) in [6, 6.07) is 30.0. The van der Waals surface area contributed by atoms with Gasteiger partial charge in [-0.15, -0.1) is 0 Å². The summed E-state index contributed by atoms with van der Waals surface area (Å²) in [4.78, 5) is 0. The molecule has 182 valence electrons. The van der Waals surface area contributed by atoms with E-state index in [-0.39, 0.29) is 12.2 Å². The molecule has 0 aliphatic carbocycles. The Morgan fingerprint density at radius 3 is 1.69 bits per heavy atom. The molecule has 0 bridgehead atoms. The van der Waals surface area contributed by atoms with Crippen LogP contribution >= 0.6 is 8.25 Å². The Kier molecular flexibility index (Phi) is 11.0. The molecule has 1 fully saturated rings. The zero-order valence-electron chi connectivity index (χ0n) is 19.7. The van der Waals surface area contributed by atoms with Gasteiger partial charge in [0.25, 0.3) is 0 Å². The molecule has 2 unspecified atom stereocenters. The summed E-state index contributed by atoms with van der Waals surface area (Å²) in [5, 5.41) is 11.2. The molecule has 0 saturated carbocycles. The summed E-state index contributed by atoms with van der Waals surface area (Å²) < 4.78 is 25.8. The molecule has 0 radical (unpaired) electrons. The fraction of sp³-hybridized carbons (Fsp3) is 0.357. The molecular formula is C28H31ClHgO5. The third-order valence-electron chi connectivity index (χ3n) is 6.12. The molecule has 5 atom stereocenters. The van der Waals surface area contributed by atoms with Crippen molar-refractivity contribution >= 4 is 8.25 Å². The Morgan fingerprint density at radius 1 is 0.686 bits per heavy atom. The van der Waals surface area contributed by atoms with Gasteiger partial charge >= 0.3 is 224 Å². The van der Waals surface area contributed by atoms with Crippen LogP contribution in [0.1, 0.15) is 16.7 Å². The molecule has 1 heterocycles. The molecular weight excluding hydrogens is 652 g/mol. The van der Waals surface area contributed by atoms with Gasteiger partial charge in [0.2, 0.25) is 0 Å². The van der Waals surface area contributed by atoms with Crippen molar-refractivity contribution in [2.45, 2.75) is 54.3 Å². The van der Waals surface area contributed by atoms with E-state index in [2.05, 4.69) is 0 Å². The monoisotopic (exact) mass is 684 g/mol. The van der Waals surface area contributed by atoms with Gasteiger partial charge in [0.05, 0.1) is 0 Å². The van der Waals surface area contributed by atoms with Crippen LogP contribution in [-0.2, 0) is 62.1 Å². The molecule has 0 amide bonds. The summed E-state index contributed by atoms with van der Waals surface area (Å²) in [6.07, 6.45) is -2.61. The van der Waals surface area contributed by atoms with Gasteiger partial charge in [0.1, 0.15) is 0 Å². The van der Waals surface area contributed by atoms with E-state index in [0.717, 1.165) is 20.6 Å². The van der Waals surface area contributed by atoms with Gasteiger partial charge in [0, 0.05) is 0 Å². The fourth-order valence-corrected chi connectivity index (χ4v) is 8.86. The first kappa shape index (κ1) is 26.7. The molecule has 3 aromatic carbocycles. The van der Waals surface area contributed by atoms with Gasteiger partial charge in [-0.25, -0.2) is 0 Å². The SMILES string of the molecule is OC1[C@H]([CH2][Hg][Cl])OC(COCc2ccccc2)[C@H](OCc2ccccc2)[C@@H]1OCc1ccccc1. The number of hydrogen-bond acceptors (Lipinski definition) is 5. The molecule has 35 heavy (non-hydrogen) atoms. The van der Waals surface area contributed by atoms with Crippen molar-refractivity contribution in [1.29, 1.82) is 0 Å². The van der Waals surface area contributed by atoms with Crippen LogP contribution < -0.4 is 0 Å². The predicted molar refractivity (Wildman–Crippen MR) is 131 cm³/mol. The number of halogens is 1. The number of aliphatic hydroxyl groups is 1. The van der Waals surface area contributed by atoms with Crippen molar-refractivity contribution in [3.05, 3.63) is 108 Å². The molecule has 3 aromatic rings. The quantitative estimate of drug-likeness (QED) is 0.268. The summed E-state index contributed by atoms with van der Waals surface area (Å²) in [5.41, 5.74) is 3.18. The Labute approximate surface area is 223 Å². The standard InChI is InChI=1S/C28H31O5.ClH.Hg/c1-21-26(29)28(32-19-24-15-9-4-10-16-24)27(31-18-23-13-7-3-8-14-23)25(33-21)20-30-17-22-11-5-2-6-12-22;;/h2-16,21,25-29H,1,17-20H2;1H;/q;;+1/p-1/t21-,25?,26?,27-,28+;;/m0../s1. The summed E-state index contributed by atoms with van der Waals surface area (Å²) >= 11 is -1.59. The second kappa shape index (κ2) is 14.4. The van der Waals surface area contributed by atoms with Gasteiger partial charge in [-0.2, -0.15) is 0 Å². The Hall–Kier alpha value is -1.31. The molecule has 7 heteroatoms. The third kappa shape index (κ3) is 8.09. The number of aliphatic hydroxyl groups excluding tert-OH is 1. The fourth-order valence-electron chi connectivity index (χ4n) is 4.28. The zero-order valence-corrected chi connectivity index (χ0v) is 26.0. The van der Waals surface area contributed by atoms with E-state index in [9.17, 15) is 5.11 Å². The van der Waals surface area contributed by atoms with Crippen molar-refractivity contribution in [3.8, 4) is 0 Å². The molecule has 0 aromatic heterocycles. The second-order valence-corrected chi connectivity index (χ2v) is 15.7. The van der Waals surface area contributed by atoms with Crippen LogP contribution in [0.25, 0.3) is 0 Å². The first-order chi connectivity index (χ1) is 17.2. The third-order valence-corrected chi connectivity index (χ3v) is 11.1. The Morgan fingerprint density at radius 2 is 1.17 bits per heavy atom. The van der Waals surface area contributed by atoms with Gasteiger partial charge in [-0.05, 0) is 0 Å². The average molecular weight is 684 g/mol. The topological polar surface area (TPSA) is 57.2 Å². The first-order valence-corrected chi connectivity index (χ1v) is 22.7. The van der Waals surface area contributed by atoms with Gasteiger partial charge in [0.15, 0.2) is 0 Å². The van der Waals surface area contributed by atoms with Crippen LogP contribution in [0.4, 0.5) is 0 Å². The van der Waals surface area contributed by atoms with Gasteiger partial charge in [-0.1, -0.05) is 0 Å². The minimum absolute atomic E-state index is 0.335. The molecule has 4 rings (SSSR count). The number of hydrogen-bond donors (Lipinski definition) is 1. The van der Waals surface area contributed by atoms with Crippen LogP contribution in [0.2, 0.25) is 3.93 Å². The van der Waals surface area contributed by atoms with Crippen LogP contribution in [0.15, 0.2) is 91.0 Å². The summed E-state index contributed by atoms with van der Waals surface area (Å²) in [5.74, 6) is 0. The summed E-state index contributed by atoms with van der Waals surface area (Å²) in [6.45, 7) is 1.58. The van der Waals surface area contributed by atoms with Crippen molar-refractivity contribution in [1.82, 2.24) is 0 Å². The minimum atomic E-state index is -1.59. The maximum atomic E-state index is 11.2. The van der Waals surface area contributed by atoms with Crippen LogP contribution in [0.5, 0.6) is 0 Å². The zero-order chi connectivity index (χ0) is 24.3. The van der Waals surface area contributed by atoms with E-state index in [1.807, 2.05) is 91.0 Å². The van der Waals surface area contributed by atoms with Crippen molar-refractivity contribution in [3.63, 3.8) is 0 Å². The molecule has 1 N–H and O–H groups in total. The molecule has 1 aliphatic heterocycles. The van der Waals surface area contributed by atoms with Gasteiger partial charge < -0.3 is 0 Å². The number of ether oxygens (including phenoxy) is 4. The molecule has 0 spiro atoms.